The molecule has 1 saturated heterocycles. The van der Waals surface area contributed by atoms with Crippen LogP contribution in [-0.2, 0) is 10.0 Å². The smallest absolute Gasteiger partial charge is 0.244 e. The highest BCUT2D eigenvalue weighted by atomic mass is 35.5. The zero-order valence-electron chi connectivity index (χ0n) is 12.6. The number of aromatic nitrogens is 1. The van der Waals surface area contributed by atoms with Crippen molar-refractivity contribution in [2.45, 2.75) is 32.1 Å². The highest BCUT2D eigenvalue weighted by Gasteiger charge is 2.32. The number of nitrogens with one attached hydrogen (secondary N) is 1. The fourth-order valence-corrected chi connectivity index (χ4v) is 4.28. The quantitative estimate of drug-likeness (QED) is 0.921. The maximum atomic E-state index is 12.7. The topological polar surface area (TPSA) is 62.3 Å². The summed E-state index contributed by atoms with van der Waals surface area (Å²) >= 11 is 6.10. The molecule has 0 saturated carbocycles. The van der Waals surface area contributed by atoms with Crippen molar-refractivity contribution in [3.8, 4) is 0 Å². The van der Waals surface area contributed by atoms with Gasteiger partial charge in [-0.2, -0.15) is 4.31 Å². The van der Waals surface area contributed by atoms with E-state index in [0.717, 1.165) is 6.42 Å². The van der Waals surface area contributed by atoms with E-state index in [0.29, 0.717) is 42.3 Å². The Bertz CT molecular complexity index is 606. The summed E-state index contributed by atoms with van der Waals surface area (Å²) in [5.74, 6) is 1.42. The van der Waals surface area contributed by atoms with Crippen molar-refractivity contribution >= 4 is 27.4 Å². The lowest BCUT2D eigenvalue weighted by atomic mass is 9.90. The first-order chi connectivity index (χ1) is 9.86. The second kappa shape index (κ2) is 6.50. The van der Waals surface area contributed by atoms with E-state index in [1.807, 2.05) is 6.92 Å². The molecule has 2 rings (SSSR count). The van der Waals surface area contributed by atoms with Crippen molar-refractivity contribution in [3.63, 3.8) is 0 Å². The van der Waals surface area contributed by atoms with Crippen molar-refractivity contribution < 1.29 is 8.42 Å². The van der Waals surface area contributed by atoms with Crippen LogP contribution in [0.25, 0.3) is 0 Å². The number of rotatable bonds is 4. The van der Waals surface area contributed by atoms with Crippen LogP contribution in [-0.4, -0.2) is 37.3 Å². The number of pyridine rings is 1. The minimum atomic E-state index is -3.51. The van der Waals surface area contributed by atoms with E-state index in [-0.39, 0.29) is 4.90 Å². The minimum absolute atomic E-state index is 0.163. The molecule has 0 amide bonds. The van der Waals surface area contributed by atoms with Gasteiger partial charge in [0, 0.05) is 25.8 Å². The first kappa shape index (κ1) is 16.5. The standard InChI is InChI=1S/C14H22ClN3O2S/c1-4-16-14-13(15)7-12(8-17-14)21(19,20)18-6-5-10(2)11(3)9-18/h7-8,10-11H,4-6,9H2,1-3H3,(H,16,17). The first-order valence-corrected chi connectivity index (χ1v) is 9.07. The third kappa shape index (κ3) is 3.49. The Morgan fingerprint density at radius 3 is 2.71 bits per heavy atom. The molecule has 2 atom stereocenters. The molecule has 0 aromatic carbocycles. The summed E-state index contributed by atoms with van der Waals surface area (Å²) in [6.45, 7) is 7.97. The van der Waals surface area contributed by atoms with Gasteiger partial charge in [0.05, 0.1) is 5.02 Å². The van der Waals surface area contributed by atoms with Crippen LogP contribution >= 0.6 is 11.6 Å². The van der Waals surface area contributed by atoms with Crippen molar-refractivity contribution in [2.75, 3.05) is 25.0 Å². The van der Waals surface area contributed by atoms with Crippen LogP contribution in [0.5, 0.6) is 0 Å². The molecule has 1 aliphatic heterocycles. The Morgan fingerprint density at radius 1 is 1.43 bits per heavy atom. The number of hydrogen-bond donors (Lipinski definition) is 1. The number of nitrogens with zero attached hydrogens (tertiary/aromatic N) is 2. The van der Waals surface area contributed by atoms with Crippen LogP contribution in [0.4, 0.5) is 5.82 Å². The molecule has 1 aromatic heterocycles. The summed E-state index contributed by atoms with van der Waals surface area (Å²) in [6, 6.07) is 1.48. The van der Waals surface area contributed by atoms with Crippen LogP contribution in [0.2, 0.25) is 5.02 Å². The van der Waals surface area contributed by atoms with Crippen LogP contribution in [0, 0.1) is 11.8 Å². The molecule has 1 aromatic rings. The highest BCUT2D eigenvalue weighted by molar-refractivity contribution is 7.89. The molecule has 0 bridgehead atoms. The molecule has 0 aliphatic carbocycles. The average Bonchev–Trinajstić information content (AvgIpc) is 2.44. The predicted octanol–water partition coefficient (Wildman–Crippen LogP) is 2.83. The summed E-state index contributed by atoms with van der Waals surface area (Å²) in [5, 5.41) is 3.33. The van der Waals surface area contributed by atoms with Crippen molar-refractivity contribution in [2.24, 2.45) is 11.8 Å². The van der Waals surface area contributed by atoms with Gasteiger partial charge >= 0.3 is 0 Å². The van der Waals surface area contributed by atoms with Crippen LogP contribution < -0.4 is 5.32 Å². The van der Waals surface area contributed by atoms with Gasteiger partial charge in [0.2, 0.25) is 10.0 Å². The van der Waals surface area contributed by atoms with Crippen molar-refractivity contribution in [1.82, 2.24) is 9.29 Å². The SMILES string of the molecule is CCNc1ncc(S(=O)(=O)N2CCC(C)C(C)C2)cc1Cl. The second-order valence-corrected chi connectivity index (χ2v) is 7.98. The molecule has 0 radical (unpaired) electrons. The zero-order chi connectivity index (χ0) is 15.6. The van der Waals surface area contributed by atoms with Gasteiger partial charge in [0.1, 0.15) is 10.7 Å². The number of piperidine rings is 1. The molecule has 1 aliphatic rings. The van der Waals surface area contributed by atoms with Crippen molar-refractivity contribution in [1.29, 1.82) is 0 Å². The largest absolute Gasteiger partial charge is 0.369 e. The molecule has 5 nitrogen and oxygen atoms in total. The van der Waals surface area contributed by atoms with Gasteiger partial charge in [-0.15, -0.1) is 0 Å². The summed E-state index contributed by atoms with van der Waals surface area (Å²) in [6.07, 6.45) is 2.26. The van der Waals surface area contributed by atoms with Gasteiger partial charge in [0.25, 0.3) is 0 Å². The summed E-state index contributed by atoms with van der Waals surface area (Å²) in [7, 11) is -3.51. The van der Waals surface area contributed by atoms with Gasteiger partial charge in [-0.05, 0) is 31.2 Å². The van der Waals surface area contributed by atoms with Gasteiger partial charge < -0.3 is 5.32 Å². The van der Waals surface area contributed by atoms with E-state index < -0.39 is 10.0 Å². The Hall–Kier alpha value is -0.850. The Morgan fingerprint density at radius 2 is 2.14 bits per heavy atom. The van der Waals surface area contributed by atoms with Gasteiger partial charge in [-0.3, -0.25) is 0 Å². The summed E-state index contributed by atoms with van der Waals surface area (Å²) in [4.78, 5) is 4.28. The first-order valence-electron chi connectivity index (χ1n) is 7.25. The van der Waals surface area contributed by atoms with Gasteiger partial charge in [0.15, 0.2) is 0 Å². The number of halogens is 1. The fourth-order valence-electron chi connectivity index (χ4n) is 2.45. The molecular formula is C14H22ClN3O2S. The van der Waals surface area contributed by atoms with E-state index in [2.05, 4.69) is 24.1 Å². The van der Waals surface area contributed by atoms with Crippen molar-refractivity contribution in [3.05, 3.63) is 17.3 Å². The molecule has 118 valence electrons. The summed E-state index contributed by atoms with van der Waals surface area (Å²) < 4.78 is 26.9. The van der Waals surface area contributed by atoms with Crippen LogP contribution in [0.15, 0.2) is 17.2 Å². The second-order valence-electron chi connectivity index (χ2n) is 5.64. The Kier molecular flexibility index (Phi) is 5.11. The molecular weight excluding hydrogens is 310 g/mol. The number of anilines is 1. The van der Waals surface area contributed by atoms with E-state index in [1.165, 1.54) is 16.6 Å². The van der Waals surface area contributed by atoms with Gasteiger partial charge in [-0.25, -0.2) is 13.4 Å². The Balaban J connectivity index is 2.25. The van der Waals surface area contributed by atoms with E-state index >= 15 is 0 Å². The number of hydrogen-bond acceptors (Lipinski definition) is 4. The monoisotopic (exact) mass is 331 g/mol. The van der Waals surface area contributed by atoms with E-state index in [1.54, 1.807) is 0 Å². The third-order valence-corrected chi connectivity index (χ3v) is 6.21. The molecule has 21 heavy (non-hydrogen) atoms. The van der Waals surface area contributed by atoms with Gasteiger partial charge in [-0.1, -0.05) is 25.4 Å². The molecule has 1 fully saturated rings. The van der Waals surface area contributed by atoms with E-state index in [4.69, 9.17) is 11.6 Å². The lowest BCUT2D eigenvalue weighted by Gasteiger charge is -2.34. The van der Waals surface area contributed by atoms with Crippen LogP contribution in [0.3, 0.4) is 0 Å². The average molecular weight is 332 g/mol. The van der Waals surface area contributed by atoms with E-state index in [9.17, 15) is 8.42 Å². The maximum Gasteiger partial charge on any atom is 0.244 e. The van der Waals surface area contributed by atoms with Crippen LogP contribution in [0.1, 0.15) is 27.2 Å². The lowest BCUT2D eigenvalue weighted by Crippen LogP contribution is -2.42. The number of sulfonamides is 1. The summed E-state index contributed by atoms with van der Waals surface area (Å²) in [5.41, 5.74) is 0. The molecule has 2 heterocycles. The normalized spacial score (nSPS) is 24.0. The lowest BCUT2D eigenvalue weighted by molar-refractivity contribution is 0.212. The molecule has 0 spiro atoms. The molecule has 1 N–H and O–H groups in total. The third-order valence-electron chi connectivity index (χ3n) is 4.09. The highest BCUT2D eigenvalue weighted by Crippen LogP contribution is 2.29. The molecule has 7 heteroatoms. The molecule has 2 unspecified atom stereocenters. The maximum absolute atomic E-state index is 12.7. The fraction of sp³-hybridized carbons (Fsp3) is 0.643. The zero-order valence-corrected chi connectivity index (χ0v) is 14.2. The Labute approximate surface area is 131 Å². The minimum Gasteiger partial charge on any atom is -0.369 e. The predicted molar refractivity (Wildman–Crippen MR) is 85.1 cm³/mol.